The average Bonchev–Trinajstić information content (AvgIpc) is 3.28. The Morgan fingerprint density at radius 2 is 1.71 bits per heavy atom. The molecule has 184 valence electrons. The monoisotopic (exact) mass is 480 g/mol. The number of phenolic OH excluding ortho intramolecular Hbond substituents is 1. The fourth-order valence-corrected chi connectivity index (χ4v) is 5.17. The van der Waals surface area contributed by atoms with Crippen LogP contribution in [-0.4, -0.2) is 50.9 Å². The number of esters is 1. The third-order valence-electron chi connectivity index (χ3n) is 6.78. The van der Waals surface area contributed by atoms with E-state index in [4.69, 9.17) is 4.74 Å². The van der Waals surface area contributed by atoms with Crippen molar-refractivity contribution in [3.8, 4) is 11.5 Å². The first kappa shape index (κ1) is 24.4. The van der Waals surface area contributed by atoms with E-state index in [9.17, 15) is 29.4 Å². The van der Waals surface area contributed by atoms with Crippen LogP contribution in [0, 0.1) is 11.8 Å². The summed E-state index contributed by atoms with van der Waals surface area (Å²) in [6.07, 6.45) is 1.36. The van der Waals surface area contributed by atoms with Crippen molar-refractivity contribution >= 4 is 23.8 Å². The second kappa shape index (κ2) is 9.50. The molecule has 2 aliphatic rings. The van der Waals surface area contributed by atoms with E-state index in [0.717, 1.165) is 6.42 Å². The molecule has 0 aliphatic carbocycles. The maximum absolute atomic E-state index is 13.5. The van der Waals surface area contributed by atoms with Crippen LogP contribution in [0.25, 0.3) is 0 Å². The quantitative estimate of drug-likeness (QED) is 0.298. The zero-order valence-corrected chi connectivity index (χ0v) is 19.6. The molecule has 3 N–H and O–H groups in total. The maximum atomic E-state index is 13.5. The first-order valence-corrected chi connectivity index (χ1v) is 11.6. The number of carboxylic acids is 1. The molecule has 2 aromatic rings. The Labute approximate surface area is 202 Å². The molecule has 35 heavy (non-hydrogen) atoms. The molecule has 2 amide bonds. The van der Waals surface area contributed by atoms with E-state index in [-0.39, 0.29) is 24.6 Å². The molecule has 2 fully saturated rings. The van der Waals surface area contributed by atoms with E-state index in [2.05, 4.69) is 5.32 Å². The van der Waals surface area contributed by atoms with Gasteiger partial charge in [-0.1, -0.05) is 37.6 Å². The lowest BCUT2D eigenvalue weighted by Crippen LogP contribution is -2.57. The Hall–Kier alpha value is -3.72. The van der Waals surface area contributed by atoms with Gasteiger partial charge < -0.3 is 14.9 Å². The van der Waals surface area contributed by atoms with Crippen molar-refractivity contribution in [3.05, 3.63) is 59.7 Å². The number of benzene rings is 2. The number of carbonyl (C=O) groups is 4. The second-order valence-corrected chi connectivity index (χ2v) is 9.09. The number of carboxylic acid groups (broad SMARTS) is 1. The van der Waals surface area contributed by atoms with Crippen molar-refractivity contribution in [2.75, 3.05) is 6.54 Å². The minimum Gasteiger partial charge on any atom is -0.508 e. The van der Waals surface area contributed by atoms with E-state index in [1.54, 1.807) is 36.4 Å². The Kier molecular flexibility index (Phi) is 6.62. The number of carbonyl (C=O) groups excluding carboxylic acids is 3. The molecule has 4 rings (SSSR count). The van der Waals surface area contributed by atoms with Crippen LogP contribution in [0.3, 0.4) is 0 Å². The van der Waals surface area contributed by atoms with E-state index in [1.165, 1.54) is 24.0 Å². The van der Waals surface area contributed by atoms with Gasteiger partial charge in [-0.2, -0.15) is 0 Å². The number of phenols is 1. The van der Waals surface area contributed by atoms with Crippen molar-refractivity contribution in [2.24, 2.45) is 11.8 Å². The highest BCUT2D eigenvalue weighted by molar-refractivity contribution is 6.09. The lowest BCUT2D eigenvalue weighted by atomic mass is 9.76. The predicted octanol–water partition coefficient (Wildman–Crippen LogP) is 2.43. The molecule has 2 aromatic carbocycles. The Morgan fingerprint density at radius 3 is 2.29 bits per heavy atom. The maximum Gasteiger partial charge on any atom is 0.325 e. The normalized spacial score (nSPS) is 25.5. The first-order chi connectivity index (χ1) is 16.7. The molecular formula is C26H28N2O7. The summed E-state index contributed by atoms with van der Waals surface area (Å²) >= 11 is 0. The molecule has 4 atom stereocenters. The SMILES string of the molecule is CCCCN1C(=O)C2C(c3ccc(OC(C)=O)cc3)NC(Cc3ccc(O)cc3)(C(=O)O)C2C1=O. The molecule has 0 aromatic heterocycles. The van der Waals surface area contributed by atoms with Gasteiger partial charge in [0.05, 0.1) is 11.8 Å². The molecule has 4 unspecified atom stereocenters. The van der Waals surface area contributed by atoms with E-state index < -0.39 is 41.3 Å². The first-order valence-electron chi connectivity index (χ1n) is 11.6. The van der Waals surface area contributed by atoms with Gasteiger partial charge in [0.1, 0.15) is 17.0 Å². The molecule has 9 nitrogen and oxygen atoms in total. The number of hydrogen-bond acceptors (Lipinski definition) is 7. The molecule has 0 bridgehead atoms. The highest BCUT2D eigenvalue weighted by Gasteiger charge is 2.68. The summed E-state index contributed by atoms with van der Waals surface area (Å²) in [6.45, 7) is 3.48. The molecule has 0 radical (unpaired) electrons. The van der Waals surface area contributed by atoms with Gasteiger partial charge in [0.2, 0.25) is 11.8 Å². The number of nitrogens with one attached hydrogen (secondary N) is 1. The zero-order chi connectivity index (χ0) is 25.3. The third-order valence-corrected chi connectivity index (χ3v) is 6.78. The van der Waals surface area contributed by atoms with Crippen molar-refractivity contribution in [2.45, 2.75) is 44.7 Å². The van der Waals surface area contributed by atoms with Crippen LogP contribution in [0.2, 0.25) is 0 Å². The number of aliphatic carboxylic acids is 1. The Bertz CT molecular complexity index is 1150. The number of unbranched alkanes of at least 4 members (excludes halogenated alkanes) is 1. The smallest absolute Gasteiger partial charge is 0.325 e. The Morgan fingerprint density at radius 1 is 1.06 bits per heavy atom. The van der Waals surface area contributed by atoms with Crippen LogP contribution in [0.4, 0.5) is 0 Å². The van der Waals surface area contributed by atoms with E-state index >= 15 is 0 Å². The summed E-state index contributed by atoms with van der Waals surface area (Å²) in [5.41, 5.74) is -0.507. The largest absolute Gasteiger partial charge is 0.508 e. The van der Waals surface area contributed by atoms with Crippen LogP contribution in [-0.2, 0) is 25.6 Å². The molecule has 0 spiro atoms. The van der Waals surface area contributed by atoms with Crippen LogP contribution >= 0.6 is 0 Å². The van der Waals surface area contributed by atoms with Gasteiger partial charge in [-0.05, 0) is 41.8 Å². The lowest BCUT2D eigenvalue weighted by molar-refractivity contribution is -0.151. The third kappa shape index (κ3) is 4.39. The van der Waals surface area contributed by atoms with Crippen molar-refractivity contribution in [1.29, 1.82) is 0 Å². The molecule has 2 aliphatic heterocycles. The summed E-state index contributed by atoms with van der Waals surface area (Å²) < 4.78 is 5.08. The van der Waals surface area contributed by atoms with E-state index in [1.807, 2.05) is 6.92 Å². The predicted molar refractivity (Wildman–Crippen MR) is 124 cm³/mol. The van der Waals surface area contributed by atoms with Crippen molar-refractivity contribution in [3.63, 3.8) is 0 Å². The van der Waals surface area contributed by atoms with Crippen LogP contribution < -0.4 is 10.1 Å². The number of aromatic hydroxyl groups is 1. The van der Waals surface area contributed by atoms with Gasteiger partial charge >= 0.3 is 11.9 Å². The van der Waals surface area contributed by atoms with Gasteiger partial charge in [0, 0.05) is 25.9 Å². The minimum atomic E-state index is -1.73. The van der Waals surface area contributed by atoms with Gasteiger partial charge in [-0.15, -0.1) is 0 Å². The number of ether oxygens (including phenoxy) is 1. The van der Waals surface area contributed by atoms with Gasteiger partial charge in [0.25, 0.3) is 0 Å². The van der Waals surface area contributed by atoms with Crippen molar-refractivity contribution < 1.29 is 34.1 Å². The van der Waals surface area contributed by atoms with E-state index in [0.29, 0.717) is 23.3 Å². The molecule has 0 saturated carbocycles. The summed E-state index contributed by atoms with van der Waals surface area (Å²) in [7, 11) is 0. The number of rotatable bonds is 8. The second-order valence-electron chi connectivity index (χ2n) is 9.09. The topological polar surface area (TPSA) is 133 Å². The number of fused-ring (bicyclic) bond motifs is 1. The summed E-state index contributed by atoms with van der Waals surface area (Å²) in [6, 6.07) is 11.9. The fraction of sp³-hybridized carbons (Fsp3) is 0.385. The highest BCUT2D eigenvalue weighted by atomic mass is 16.5. The summed E-state index contributed by atoms with van der Waals surface area (Å²) in [4.78, 5) is 52.3. The summed E-state index contributed by atoms with van der Waals surface area (Å²) in [5, 5.41) is 23.2. The molecular weight excluding hydrogens is 452 g/mol. The number of amides is 2. The standard InChI is InChI=1S/C26H28N2O7/c1-3-4-13-28-23(31)20-21(24(28)32)26(25(33)34,14-16-5-9-18(30)10-6-16)27-22(20)17-7-11-19(12-8-17)35-15(2)29/h5-12,20-22,27,30H,3-4,13-14H2,1-2H3,(H,33,34). The van der Waals surface area contributed by atoms with Gasteiger partial charge in [-0.3, -0.25) is 29.4 Å². The molecule has 9 heteroatoms. The highest BCUT2D eigenvalue weighted by Crippen LogP contribution is 2.50. The summed E-state index contributed by atoms with van der Waals surface area (Å²) in [5.74, 6) is -4.20. The minimum absolute atomic E-state index is 0.0407. The van der Waals surface area contributed by atoms with Crippen LogP contribution in [0.15, 0.2) is 48.5 Å². The number of hydrogen-bond donors (Lipinski definition) is 3. The van der Waals surface area contributed by atoms with Crippen LogP contribution in [0.5, 0.6) is 11.5 Å². The zero-order valence-electron chi connectivity index (χ0n) is 19.6. The fourth-order valence-electron chi connectivity index (χ4n) is 5.17. The average molecular weight is 481 g/mol. The Balaban J connectivity index is 1.77. The van der Waals surface area contributed by atoms with Gasteiger partial charge in [-0.25, -0.2) is 0 Å². The van der Waals surface area contributed by atoms with Gasteiger partial charge in [0.15, 0.2) is 0 Å². The molecule has 2 heterocycles. The number of imide groups is 1. The van der Waals surface area contributed by atoms with Crippen LogP contribution in [0.1, 0.15) is 43.9 Å². The number of nitrogens with zero attached hydrogens (tertiary/aromatic N) is 1. The number of likely N-dealkylation sites (tertiary alicyclic amines) is 1. The lowest BCUT2D eigenvalue weighted by Gasteiger charge is -2.31. The van der Waals surface area contributed by atoms with Crippen molar-refractivity contribution in [1.82, 2.24) is 10.2 Å². The molecule has 2 saturated heterocycles.